The Bertz CT molecular complexity index is 4670. The molecule has 0 bridgehead atoms. The second kappa shape index (κ2) is 58.1. The maximum atomic E-state index is 15.7. The zero-order valence-corrected chi connectivity index (χ0v) is 79.2. The van der Waals surface area contributed by atoms with Crippen molar-refractivity contribution >= 4 is 171 Å². The van der Waals surface area contributed by atoms with Crippen LogP contribution in [0.25, 0.3) is 10.9 Å². The number of H-pyrrole nitrogens is 1. The molecule has 17 atom stereocenters. The number of nitrogens with zero attached hydrogens (tertiary/aromatic N) is 4. The molecule has 2 aromatic heterocycles. The number of hydrogen-bond donors (Lipinski definition) is 26. The zero-order valence-electron chi connectivity index (χ0n) is 76.6. The number of benzene rings is 1. The number of rotatable bonds is 62. The third kappa shape index (κ3) is 37.7. The van der Waals surface area contributed by atoms with Gasteiger partial charge in [-0.25, -0.2) is 4.68 Å². The van der Waals surface area contributed by atoms with Gasteiger partial charge in [-0.1, -0.05) is 63.9 Å². The van der Waals surface area contributed by atoms with Crippen molar-refractivity contribution in [2.24, 2.45) is 46.2 Å². The number of aromatic nitrogens is 4. The Morgan fingerprint density at radius 3 is 1.59 bits per heavy atom. The molecule has 3 aromatic rings. The van der Waals surface area contributed by atoms with Gasteiger partial charge in [-0.3, -0.25) is 101 Å². The largest absolute Gasteiger partial charge is 0.481 e. The maximum absolute atomic E-state index is 15.7. The minimum absolute atomic E-state index is 0.0329. The van der Waals surface area contributed by atoms with E-state index in [9.17, 15) is 91.7 Å². The van der Waals surface area contributed by atoms with Crippen LogP contribution in [0.1, 0.15) is 148 Å². The molecule has 49 nitrogen and oxygen atoms in total. The highest BCUT2D eigenvalue weighted by molar-refractivity contribution is 7.98. The highest BCUT2D eigenvalue weighted by Crippen LogP contribution is 2.33. The molecule has 1 aliphatic heterocycles. The van der Waals surface area contributed by atoms with Gasteiger partial charge in [0.25, 0.3) is 0 Å². The van der Waals surface area contributed by atoms with Crippen LogP contribution in [0.4, 0.5) is 0 Å². The predicted octanol–water partition coefficient (Wildman–Crippen LogP) is -7.77. The molecule has 2 aliphatic rings. The van der Waals surface area contributed by atoms with E-state index in [0.717, 1.165) is 4.90 Å². The molecular weight excluding hydrogens is 1840 g/mol. The monoisotopic (exact) mass is 1960 g/mol. The summed E-state index contributed by atoms with van der Waals surface area (Å²) in [5.41, 5.74) is 34.7. The number of carboxylic acids is 1. The molecule has 5 radical (unpaired) electrons. The van der Waals surface area contributed by atoms with Crippen LogP contribution in [0.2, 0.25) is 0 Å². The summed E-state index contributed by atoms with van der Waals surface area (Å²) in [5, 5.41) is 74.8. The number of carboxylic acid groups (broad SMARTS) is 1. The number of fused-ring (bicyclic) bond motifs is 1. The first kappa shape index (κ1) is 114. The number of thiol groups is 1. The van der Waals surface area contributed by atoms with E-state index >= 15 is 14.4 Å². The maximum Gasteiger partial charge on any atom is 0.303 e. The molecule has 0 spiro atoms. The summed E-state index contributed by atoms with van der Waals surface area (Å²) in [5.74, 6) is -20.5. The lowest BCUT2D eigenvalue weighted by Gasteiger charge is -2.33. The van der Waals surface area contributed by atoms with Gasteiger partial charge in [0, 0.05) is 99.7 Å². The zero-order chi connectivity index (χ0) is 101. The van der Waals surface area contributed by atoms with E-state index < -0.39 is 259 Å². The van der Waals surface area contributed by atoms with E-state index in [1.54, 1.807) is 103 Å². The number of nitrogens with one attached hydrogen (secondary N) is 17. The Labute approximate surface area is 799 Å². The van der Waals surface area contributed by atoms with Crippen LogP contribution < -0.4 is 114 Å². The number of nitrogens with two attached hydrogens (primary N) is 6. The van der Waals surface area contributed by atoms with Crippen LogP contribution in [-0.2, 0) is 102 Å². The Kier molecular flexibility index (Phi) is 48.7. The number of para-hydroxylation sites is 1. The molecule has 1 saturated heterocycles. The van der Waals surface area contributed by atoms with Crippen molar-refractivity contribution in [2.75, 3.05) is 62.6 Å². The van der Waals surface area contributed by atoms with Crippen molar-refractivity contribution in [3.8, 4) is 0 Å². The van der Waals surface area contributed by atoms with E-state index in [2.05, 4.69) is 108 Å². The van der Waals surface area contributed by atoms with Gasteiger partial charge in [-0.15, -0.1) is 5.10 Å². The second-order valence-electron chi connectivity index (χ2n) is 32.6. The first-order chi connectivity index (χ1) is 64.5. The normalized spacial score (nSPS) is 16.9. The van der Waals surface area contributed by atoms with Crippen molar-refractivity contribution in [3.05, 3.63) is 79.5 Å². The molecule has 1 aliphatic carbocycles. The molecule has 1 saturated carbocycles. The van der Waals surface area contributed by atoms with Gasteiger partial charge in [-0.2, -0.15) is 36.2 Å². The molecule has 31 N–H and O–H groups in total. The van der Waals surface area contributed by atoms with Crippen LogP contribution >= 0.6 is 36.2 Å². The SMILES string of the molecule is CC[C@H](C)[C@H](NC(=O)[C@@H](N)CCCNC(=N)N)C(=O)N[C@@H](CC(N)=O)C(=O)N[C@@H](CC(N)=O)C(=O)N[C@H](C(=O)N1C[C@@H](n2cc([C]3[CH][CH][CH][CH]3)nn2)C[C@H]1C(=O)N[C@@H](Cc1c[nH]c2ccccc12)C(=O)N[C@@H](CO)C(=O)N[C@@H](CCC(=O)O)C(=O)N[C@@H](C)C(=O)N[C@@H](CCSC)C(=O)N[C@@H](CCSC)C(=O)NCCC(=O)N[C@@H](CCC(N)=O)C(=O)NCCC(=O)N[C@@H](CS)C(N)=O)[C@@H](C)CC. The van der Waals surface area contributed by atoms with E-state index in [1.807, 2.05) is 0 Å². The summed E-state index contributed by atoms with van der Waals surface area (Å²) in [6.45, 7) is 5.82. The van der Waals surface area contributed by atoms with E-state index in [-0.39, 0.29) is 101 Å². The number of aliphatic hydroxyl groups is 1. The van der Waals surface area contributed by atoms with Gasteiger partial charge in [0.2, 0.25) is 112 Å². The highest BCUT2D eigenvalue weighted by atomic mass is 32.2. The van der Waals surface area contributed by atoms with Gasteiger partial charge in [0.15, 0.2) is 5.96 Å². The Hall–Kier alpha value is -12.5. The number of guanidine groups is 1. The van der Waals surface area contributed by atoms with Crippen LogP contribution in [0.15, 0.2) is 36.7 Å². The standard InChI is InChI=1S/C84H128N27O22S3/c1-8-42(3)68(106-72(122)49(85)18-14-28-94-84(90)91)82(132)104-56(35-63(87)114)78(128)102-57(36-64(88)115)79(129)107-69(43(4)9-2)83(133)110-38-47(111-39-58(108-109-111)45-15-10-11-16-45)34-61(110)81(131)103-55(33-46-37-95-50-19-13-12-17-48(46)50)77(127)105-59(40-112)80(130)100-52(21-23-67(118)119)75(125)96-44(5)71(121)99-54(27-32-136-7)76(126)101-53(26-31-135-6)74(124)93-29-24-65(116)97-51(20-22-62(86)113)73(123)92-30-25-66(117)98-60(41-134)70(89)120/h10-13,15-17,19,37,39,42-44,47,49,51-57,59-61,68-69,95,112,134H,8-9,14,18,20-36,38,40-41,85H2,1-7H3,(H2,86,113)(H2,87,114)(H2,88,115)(H2,89,120)(H,92,123)(H,93,124)(H,96,125)(H,97,116)(H,98,117)(H,99,121)(H,100,130)(H,101,126)(H,102,128)(H,103,131)(H,104,132)(H,105,127)(H,106,122)(H,107,129)(H,118,119)(H4,90,91,94)/t42-,43-,44-,47-,49-,51-,52-,53-,54-,55-,56-,57-,59-,60-,61-,68-,69-/m0/s1. The fraction of sp³-hybridized carbons (Fsp3) is 0.571. The number of primary amides is 4. The molecule has 136 heavy (non-hydrogen) atoms. The smallest absolute Gasteiger partial charge is 0.303 e. The van der Waals surface area contributed by atoms with Crippen LogP contribution in [0, 0.1) is 48.8 Å². The quantitative estimate of drug-likeness (QED) is 0.0108. The molecule has 52 heteroatoms. The van der Waals surface area contributed by atoms with Gasteiger partial charge in [0.1, 0.15) is 78.5 Å². The third-order valence-corrected chi connectivity index (χ3v) is 23.9. The summed E-state index contributed by atoms with van der Waals surface area (Å²) >= 11 is 6.57. The molecule has 2 fully saturated rings. The topological polar surface area (TPSA) is 792 Å². The number of carbonyl (C=O) groups excluding carboxylic acids is 19. The third-order valence-electron chi connectivity index (χ3n) is 22.3. The number of aliphatic hydroxyl groups excluding tert-OH is 1. The fourth-order valence-corrected chi connectivity index (χ4v) is 15.3. The number of carbonyl (C=O) groups is 20. The van der Waals surface area contributed by atoms with Crippen molar-refractivity contribution in [3.63, 3.8) is 0 Å². The van der Waals surface area contributed by atoms with Gasteiger partial charge in [-0.05, 0) is 119 Å². The summed E-state index contributed by atoms with van der Waals surface area (Å²) < 4.78 is 1.41. The van der Waals surface area contributed by atoms with E-state index in [4.69, 9.17) is 39.8 Å². The number of amides is 19. The first-order valence-electron chi connectivity index (χ1n) is 44.0. The number of aliphatic carboxylic acids is 1. The van der Waals surface area contributed by atoms with Gasteiger partial charge >= 0.3 is 5.97 Å². The molecule has 0 unspecified atom stereocenters. The summed E-state index contributed by atoms with van der Waals surface area (Å²) in [7, 11) is 0. The van der Waals surface area contributed by atoms with Crippen molar-refractivity contribution in [2.45, 2.75) is 228 Å². The predicted molar refractivity (Wildman–Crippen MR) is 500 cm³/mol. The Balaban J connectivity index is 1.38. The molecule has 19 amide bonds. The number of likely N-dealkylation sites (tertiary alicyclic amines) is 1. The molecule has 5 rings (SSSR count). The minimum Gasteiger partial charge on any atom is -0.481 e. The van der Waals surface area contributed by atoms with E-state index in [0.29, 0.717) is 46.7 Å². The molecular formula is C84H128N27O22S3. The first-order valence-corrected chi connectivity index (χ1v) is 47.5. The average molecular weight is 1960 g/mol. The molecule has 3 heterocycles. The average Bonchev–Trinajstić information content (AvgIpc) is 1.63. The molecule has 749 valence electrons. The minimum atomic E-state index is -2.00. The second-order valence-corrected chi connectivity index (χ2v) is 35.0. The number of aromatic amines is 1. The van der Waals surface area contributed by atoms with Gasteiger partial charge in [0.05, 0.1) is 37.2 Å². The fourth-order valence-electron chi connectivity index (χ4n) is 14.1. The lowest BCUT2D eigenvalue weighted by molar-refractivity contribution is -0.144. The Morgan fingerprint density at radius 2 is 1.04 bits per heavy atom. The number of hydrogen-bond acceptors (Lipinski definition) is 28. The van der Waals surface area contributed by atoms with Crippen molar-refractivity contribution in [1.82, 2.24) is 105 Å². The van der Waals surface area contributed by atoms with E-state index in [1.165, 1.54) is 35.1 Å². The number of thioether (sulfide) groups is 2. The molecule has 1 aromatic carbocycles. The van der Waals surface area contributed by atoms with Crippen molar-refractivity contribution in [1.29, 1.82) is 5.41 Å². The highest BCUT2D eigenvalue weighted by Gasteiger charge is 2.47. The van der Waals surface area contributed by atoms with Crippen LogP contribution in [-0.4, -0.2) is 306 Å². The summed E-state index contributed by atoms with van der Waals surface area (Å²) in [4.78, 5) is 278. The van der Waals surface area contributed by atoms with Crippen LogP contribution in [0.3, 0.4) is 0 Å². The Morgan fingerprint density at radius 1 is 0.544 bits per heavy atom. The van der Waals surface area contributed by atoms with Crippen LogP contribution in [0.5, 0.6) is 0 Å². The summed E-state index contributed by atoms with van der Waals surface area (Å²) in [6.07, 6.45) is 9.19. The van der Waals surface area contributed by atoms with Gasteiger partial charge < -0.3 is 134 Å². The lowest BCUT2D eigenvalue weighted by Crippen LogP contribution is -2.62. The van der Waals surface area contributed by atoms with Crippen molar-refractivity contribution < 1.29 is 106 Å². The summed E-state index contributed by atoms with van der Waals surface area (Å²) in [6, 6.07) is -15.8. The lowest BCUT2D eigenvalue weighted by atomic mass is 9.96.